The van der Waals surface area contributed by atoms with E-state index in [0.717, 1.165) is 30.4 Å². The molecule has 15 heavy (non-hydrogen) atoms. The fourth-order valence-electron chi connectivity index (χ4n) is 1.01. The second-order valence-electron chi connectivity index (χ2n) is 2.67. The Morgan fingerprint density at radius 2 is 1.53 bits per heavy atom. The topological polar surface area (TPSA) is 0 Å². The average Bonchev–Trinajstić information content (AvgIpc) is 2.01. The van der Waals surface area contributed by atoms with E-state index in [2.05, 4.69) is 0 Å². The number of halogens is 6. The molecule has 0 aliphatic rings. The molecule has 0 radical (unpaired) electrons. The summed E-state index contributed by atoms with van der Waals surface area (Å²) < 4.78 is 36.8. The van der Waals surface area contributed by atoms with Crippen LogP contribution in [0.4, 0.5) is 13.2 Å². The molecule has 0 aliphatic heterocycles. The average molecular weight is 373 g/mol. The van der Waals surface area contributed by atoms with Crippen LogP contribution in [0.25, 0.3) is 0 Å². The third-order valence-corrected chi connectivity index (χ3v) is 3.44. The molecular weight excluding hydrogens is 369 g/mol. The molecule has 0 aromatic heterocycles. The van der Waals surface area contributed by atoms with Gasteiger partial charge in [0.1, 0.15) is 0 Å². The van der Waals surface area contributed by atoms with Crippen molar-refractivity contribution in [3.8, 4) is 0 Å². The number of rotatable bonds is 1. The molecule has 0 atom stereocenters. The molecule has 7 heteroatoms. The number of alkyl halides is 3. The Kier molecular flexibility index (Phi) is 6.13. The standard InChI is InChI=1S/C8H4Cl2F3.BrH.Zn/c1-4-6(9)2-5(3-7(4)10)8(11,12)13;;/h2-3H,1H2;1H;/q;;+1/p-1. The fourth-order valence-corrected chi connectivity index (χ4v) is 3.48. The molecule has 1 aromatic carbocycles. The summed E-state index contributed by atoms with van der Waals surface area (Å²) in [5.74, 6) is 0. The Morgan fingerprint density at radius 3 is 1.80 bits per heavy atom. The molecule has 0 aliphatic carbocycles. The molecule has 80 valence electrons. The Balaban J connectivity index is 0.00000196. The normalized spacial score (nSPS) is 11.1. The first-order chi connectivity index (χ1) is 6.36. The van der Waals surface area contributed by atoms with Crippen LogP contribution in [0.1, 0.15) is 11.1 Å². The van der Waals surface area contributed by atoms with Gasteiger partial charge in [-0.2, -0.15) is 0 Å². The second-order valence-corrected chi connectivity index (χ2v) is 4.53. The van der Waals surface area contributed by atoms with Crippen LogP contribution < -0.4 is 17.0 Å². The molecule has 0 heterocycles. The van der Waals surface area contributed by atoms with Crippen LogP contribution in [0.15, 0.2) is 12.1 Å². The van der Waals surface area contributed by atoms with Gasteiger partial charge in [0.2, 0.25) is 0 Å². The molecular formula is C8H4BrCl2F3Zn. The predicted molar refractivity (Wildman–Crippen MR) is 45.2 cm³/mol. The number of hydrogen-bond donors (Lipinski definition) is 0. The minimum absolute atomic E-state index is 0. The first-order valence-corrected chi connectivity index (χ1v) is 6.56. The first kappa shape index (κ1) is 15.7. The van der Waals surface area contributed by atoms with Gasteiger partial charge in [-0.05, 0) is 0 Å². The predicted octanol–water partition coefficient (Wildman–Crippen LogP) is 1.06. The van der Waals surface area contributed by atoms with Gasteiger partial charge in [-0.3, -0.25) is 0 Å². The maximum Gasteiger partial charge on any atom is -1.00 e. The van der Waals surface area contributed by atoms with Crippen LogP contribution in [0.2, 0.25) is 10.0 Å². The quantitative estimate of drug-likeness (QED) is 0.646. The van der Waals surface area contributed by atoms with Gasteiger partial charge in [0.15, 0.2) is 0 Å². The second kappa shape index (κ2) is 5.85. The van der Waals surface area contributed by atoms with Gasteiger partial charge in [-0.1, -0.05) is 0 Å². The van der Waals surface area contributed by atoms with Crippen molar-refractivity contribution in [2.24, 2.45) is 0 Å². The summed E-state index contributed by atoms with van der Waals surface area (Å²) in [5.41, 5.74) is -0.203. The van der Waals surface area contributed by atoms with E-state index in [0.29, 0.717) is 10.6 Å². The Hall–Kier alpha value is 0.693. The van der Waals surface area contributed by atoms with E-state index in [4.69, 9.17) is 23.2 Å². The van der Waals surface area contributed by atoms with Crippen LogP contribution in [0.3, 0.4) is 0 Å². The number of hydrogen-bond acceptors (Lipinski definition) is 0. The van der Waals surface area contributed by atoms with E-state index in [1.165, 1.54) is 0 Å². The van der Waals surface area contributed by atoms with Crippen molar-refractivity contribution in [2.45, 2.75) is 11.2 Å². The van der Waals surface area contributed by atoms with Crippen molar-refractivity contribution in [2.75, 3.05) is 0 Å². The van der Waals surface area contributed by atoms with Crippen LogP contribution in [0, 0.1) is 0 Å². The summed E-state index contributed by atoms with van der Waals surface area (Å²) in [6, 6.07) is 1.83. The maximum atomic E-state index is 12.3. The molecule has 0 saturated heterocycles. The molecule has 0 fully saturated rings. The van der Waals surface area contributed by atoms with E-state index in [-0.39, 0.29) is 27.0 Å². The van der Waals surface area contributed by atoms with Gasteiger partial charge >= 0.3 is 99.2 Å². The van der Waals surface area contributed by atoms with E-state index >= 15 is 0 Å². The van der Waals surface area contributed by atoms with Gasteiger partial charge in [0.25, 0.3) is 0 Å². The first-order valence-electron chi connectivity index (χ1n) is 3.70. The molecule has 0 N–H and O–H groups in total. The van der Waals surface area contributed by atoms with Crippen LogP contribution in [-0.2, 0) is 29.5 Å². The van der Waals surface area contributed by atoms with E-state index in [9.17, 15) is 13.2 Å². The third kappa shape index (κ3) is 3.88. The summed E-state index contributed by atoms with van der Waals surface area (Å²) in [4.78, 5) is 0. The summed E-state index contributed by atoms with van der Waals surface area (Å²) in [5, 5.41) is 0.822. The molecule has 0 nitrogen and oxygen atoms in total. The largest absolute Gasteiger partial charge is 1.00 e. The summed E-state index contributed by atoms with van der Waals surface area (Å²) in [6.07, 6.45) is -4.39. The van der Waals surface area contributed by atoms with Crippen molar-refractivity contribution in [3.63, 3.8) is 0 Å². The molecule has 1 rings (SSSR count). The Labute approximate surface area is 116 Å². The monoisotopic (exact) mass is 370 g/mol. The van der Waals surface area contributed by atoms with Crippen molar-refractivity contribution in [3.05, 3.63) is 33.3 Å². The smallest absolute Gasteiger partial charge is 1.00 e. The van der Waals surface area contributed by atoms with Crippen molar-refractivity contribution in [1.82, 2.24) is 0 Å². The van der Waals surface area contributed by atoms with Gasteiger partial charge in [-0.15, -0.1) is 0 Å². The van der Waals surface area contributed by atoms with Gasteiger partial charge in [0, 0.05) is 0 Å². The Morgan fingerprint density at radius 1 is 1.13 bits per heavy atom. The summed E-state index contributed by atoms with van der Waals surface area (Å²) in [6.45, 7) is 0. The molecule has 0 amide bonds. The van der Waals surface area contributed by atoms with Crippen molar-refractivity contribution in [1.29, 1.82) is 0 Å². The minimum atomic E-state index is -4.39. The Bertz CT molecular complexity index is 331. The summed E-state index contributed by atoms with van der Waals surface area (Å²) >= 11 is 12.3. The van der Waals surface area contributed by atoms with Crippen LogP contribution in [0.5, 0.6) is 0 Å². The van der Waals surface area contributed by atoms with Crippen molar-refractivity contribution < 1.29 is 48.5 Å². The third-order valence-electron chi connectivity index (χ3n) is 1.72. The molecule has 0 bridgehead atoms. The zero-order valence-electron chi connectivity index (χ0n) is 7.34. The van der Waals surface area contributed by atoms with Crippen LogP contribution >= 0.6 is 23.2 Å². The minimum Gasteiger partial charge on any atom is -1.00 e. The fraction of sp³-hybridized carbons (Fsp3) is 0.250. The molecule has 0 unspecified atom stereocenters. The van der Waals surface area contributed by atoms with E-state index in [1.807, 2.05) is 0 Å². The SMILES string of the molecule is FC(F)(F)c1cc(Cl)c([CH2][Zn+])c(Cl)c1.[Br-]. The molecule has 0 spiro atoms. The zero-order valence-corrected chi connectivity index (χ0v) is 13.4. The zero-order chi connectivity index (χ0) is 10.9. The van der Waals surface area contributed by atoms with Crippen LogP contribution in [-0.4, -0.2) is 0 Å². The van der Waals surface area contributed by atoms with E-state index < -0.39 is 11.7 Å². The van der Waals surface area contributed by atoms with Gasteiger partial charge in [-0.25, -0.2) is 0 Å². The maximum absolute atomic E-state index is 12.3. The van der Waals surface area contributed by atoms with E-state index in [1.54, 1.807) is 0 Å². The molecule has 0 saturated carbocycles. The summed E-state index contributed by atoms with van der Waals surface area (Å²) in [7, 11) is 0. The molecule has 1 aromatic rings. The van der Waals surface area contributed by atoms with Crippen molar-refractivity contribution >= 4 is 23.2 Å². The number of benzene rings is 1. The van der Waals surface area contributed by atoms with Gasteiger partial charge < -0.3 is 17.0 Å². The van der Waals surface area contributed by atoms with Gasteiger partial charge in [0.05, 0.1) is 0 Å².